The zero-order valence-electron chi connectivity index (χ0n) is 16.2. The summed E-state index contributed by atoms with van der Waals surface area (Å²) < 4.78 is 11.7. The van der Waals surface area contributed by atoms with Crippen molar-refractivity contribution in [2.75, 3.05) is 32.9 Å². The van der Waals surface area contributed by atoms with Crippen LogP contribution in [0.4, 0.5) is 0 Å². The Morgan fingerprint density at radius 1 is 1.00 bits per heavy atom. The maximum atomic E-state index is 12.8. The quantitative estimate of drug-likeness (QED) is 0.787. The number of nitrogens with one attached hydrogen (secondary N) is 1. The summed E-state index contributed by atoms with van der Waals surface area (Å²) in [6, 6.07) is 0.919. The van der Waals surface area contributed by atoms with Crippen molar-refractivity contribution in [2.45, 2.75) is 82.4 Å². The Bertz CT molecular complexity index is 454. The molecule has 26 heavy (non-hydrogen) atoms. The molecule has 0 aromatic rings. The fraction of sp³-hybridized carbons (Fsp3) is 0.952. The lowest BCUT2D eigenvalue weighted by molar-refractivity contribution is -0.132. The Balaban J connectivity index is 1.22. The van der Waals surface area contributed by atoms with Gasteiger partial charge in [0.25, 0.3) is 0 Å². The van der Waals surface area contributed by atoms with Crippen LogP contribution in [0.5, 0.6) is 0 Å². The van der Waals surface area contributed by atoms with Crippen LogP contribution in [-0.4, -0.2) is 61.9 Å². The van der Waals surface area contributed by atoms with E-state index in [1.807, 2.05) is 0 Å². The number of hydrogen-bond acceptors (Lipinski definition) is 4. The van der Waals surface area contributed by atoms with Gasteiger partial charge in [0.15, 0.2) is 0 Å². The zero-order chi connectivity index (χ0) is 17.8. The summed E-state index contributed by atoms with van der Waals surface area (Å²) in [5, 5.41) is 3.32. The average Bonchev–Trinajstić information content (AvgIpc) is 3.16. The summed E-state index contributed by atoms with van der Waals surface area (Å²) in [6.07, 6.45) is 12.4. The Hall–Kier alpha value is -0.650. The molecule has 2 aliphatic carbocycles. The first-order chi connectivity index (χ1) is 12.8. The van der Waals surface area contributed by atoms with Crippen molar-refractivity contribution in [3.05, 3.63) is 0 Å². The van der Waals surface area contributed by atoms with Crippen LogP contribution in [-0.2, 0) is 14.3 Å². The van der Waals surface area contributed by atoms with Gasteiger partial charge in [-0.2, -0.15) is 0 Å². The van der Waals surface area contributed by atoms with Crippen molar-refractivity contribution in [1.29, 1.82) is 0 Å². The van der Waals surface area contributed by atoms with Gasteiger partial charge >= 0.3 is 0 Å². The van der Waals surface area contributed by atoms with Crippen LogP contribution in [0.15, 0.2) is 0 Å². The number of nitrogens with zero attached hydrogens (tertiary/aromatic N) is 1. The third-order valence-electron chi connectivity index (χ3n) is 7.14. The van der Waals surface area contributed by atoms with Crippen LogP contribution >= 0.6 is 0 Å². The second-order valence-electron chi connectivity index (χ2n) is 8.90. The first kappa shape index (κ1) is 18.7. The summed E-state index contributed by atoms with van der Waals surface area (Å²) in [5.41, 5.74) is 0. The minimum absolute atomic E-state index is 0.0341. The fourth-order valence-corrected chi connectivity index (χ4v) is 5.06. The van der Waals surface area contributed by atoms with Gasteiger partial charge in [0.1, 0.15) is 6.10 Å². The Kier molecular flexibility index (Phi) is 6.49. The summed E-state index contributed by atoms with van der Waals surface area (Å²) in [7, 11) is 0. The molecule has 5 heteroatoms. The lowest BCUT2D eigenvalue weighted by atomic mass is 9.86. The van der Waals surface area contributed by atoms with Crippen molar-refractivity contribution < 1.29 is 14.3 Å². The normalized spacial score (nSPS) is 32.5. The molecule has 4 aliphatic rings. The Morgan fingerprint density at radius 3 is 2.46 bits per heavy atom. The largest absolute Gasteiger partial charge is 0.379 e. The lowest BCUT2D eigenvalue weighted by Gasteiger charge is -2.38. The van der Waals surface area contributed by atoms with Crippen molar-refractivity contribution in [2.24, 2.45) is 11.8 Å². The second-order valence-corrected chi connectivity index (χ2v) is 8.90. The first-order valence-electron chi connectivity index (χ1n) is 11.0. The number of hydrogen-bond donors (Lipinski definition) is 1. The maximum absolute atomic E-state index is 12.8. The molecule has 4 rings (SSSR count). The molecule has 5 nitrogen and oxygen atoms in total. The van der Waals surface area contributed by atoms with Gasteiger partial charge in [0.2, 0.25) is 5.91 Å². The number of piperidine rings is 1. The predicted octanol–water partition coefficient (Wildman–Crippen LogP) is 2.73. The van der Waals surface area contributed by atoms with E-state index in [-0.39, 0.29) is 24.0 Å². The van der Waals surface area contributed by atoms with Crippen LogP contribution in [0.3, 0.4) is 0 Å². The van der Waals surface area contributed by atoms with Crippen LogP contribution < -0.4 is 5.32 Å². The third kappa shape index (κ3) is 4.60. The Morgan fingerprint density at radius 2 is 1.77 bits per heavy atom. The molecule has 0 aromatic heterocycles. The van der Waals surface area contributed by atoms with Crippen LogP contribution in [0.1, 0.15) is 64.2 Å². The van der Waals surface area contributed by atoms with Crippen molar-refractivity contribution in [3.8, 4) is 0 Å². The van der Waals surface area contributed by atoms with E-state index < -0.39 is 0 Å². The Labute approximate surface area is 158 Å². The van der Waals surface area contributed by atoms with Crippen LogP contribution in [0, 0.1) is 11.8 Å². The standard InChI is InChI=1S/C21H36N2O3/c24-21(17-8-11-23(12-9-17)18-6-1-2-7-18)22-19-10-13-25-15-20(19)26-14-16-4-3-5-16/h16-20H,1-15H2,(H,22,24)/t19-,20-/m1/s1. The highest BCUT2D eigenvalue weighted by Crippen LogP contribution is 2.29. The summed E-state index contributed by atoms with van der Waals surface area (Å²) in [5.74, 6) is 1.16. The molecule has 4 fully saturated rings. The molecule has 0 spiro atoms. The summed E-state index contributed by atoms with van der Waals surface area (Å²) in [4.78, 5) is 15.5. The molecule has 0 unspecified atom stereocenters. The molecule has 2 aliphatic heterocycles. The van der Waals surface area contributed by atoms with Crippen molar-refractivity contribution in [1.82, 2.24) is 10.2 Å². The molecule has 2 atom stereocenters. The van der Waals surface area contributed by atoms with Crippen molar-refractivity contribution >= 4 is 5.91 Å². The summed E-state index contributed by atoms with van der Waals surface area (Å²) in [6.45, 7) is 4.38. The van der Waals surface area contributed by atoms with E-state index in [1.54, 1.807) is 0 Å². The van der Waals surface area contributed by atoms with E-state index >= 15 is 0 Å². The van der Waals surface area contributed by atoms with Crippen molar-refractivity contribution in [3.63, 3.8) is 0 Å². The average molecular weight is 365 g/mol. The third-order valence-corrected chi connectivity index (χ3v) is 7.14. The van der Waals surface area contributed by atoms with E-state index in [4.69, 9.17) is 9.47 Å². The highest BCUT2D eigenvalue weighted by molar-refractivity contribution is 5.79. The van der Waals surface area contributed by atoms with Gasteiger partial charge in [-0.05, 0) is 64.0 Å². The van der Waals surface area contributed by atoms with E-state index in [1.165, 1.54) is 44.9 Å². The van der Waals surface area contributed by atoms with Gasteiger partial charge in [-0.3, -0.25) is 4.79 Å². The topological polar surface area (TPSA) is 50.8 Å². The number of likely N-dealkylation sites (tertiary alicyclic amines) is 1. The highest BCUT2D eigenvalue weighted by Gasteiger charge is 2.34. The molecular formula is C21H36N2O3. The van der Waals surface area contributed by atoms with E-state index in [2.05, 4.69) is 10.2 Å². The van der Waals surface area contributed by atoms with Gasteiger partial charge in [-0.1, -0.05) is 19.3 Å². The molecule has 2 saturated heterocycles. The molecule has 0 bridgehead atoms. The van der Waals surface area contributed by atoms with Crippen LogP contribution in [0.2, 0.25) is 0 Å². The number of rotatable bonds is 6. The number of ether oxygens (including phenoxy) is 2. The predicted molar refractivity (Wildman–Crippen MR) is 101 cm³/mol. The van der Waals surface area contributed by atoms with E-state index in [0.717, 1.165) is 57.5 Å². The number of carbonyl (C=O) groups excluding carboxylic acids is 1. The van der Waals surface area contributed by atoms with E-state index in [9.17, 15) is 4.79 Å². The lowest BCUT2D eigenvalue weighted by Crippen LogP contribution is -2.53. The molecule has 1 amide bonds. The molecule has 0 aromatic carbocycles. The SMILES string of the molecule is O=C(N[C@@H]1CCOC[C@H]1OCC1CCC1)C1CCN(C2CCCC2)CC1. The van der Waals surface area contributed by atoms with E-state index in [0.29, 0.717) is 6.61 Å². The first-order valence-corrected chi connectivity index (χ1v) is 11.0. The van der Waals surface area contributed by atoms with Gasteiger partial charge < -0.3 is 19.7 Å². The van der Waals surface area contributed by atoms with Gasteiger partial charge in [0.05, 0.1) is 12.6 Å². The van der Waals surface area contributed by atoms with Crippen LogP contribution in [0.25, 0.3) is 0 Å². The molecule has 148 valence electrons. The molecule has 2 saturated carbocycles. The molecule has 0 radical (unpaired) electrons. The summed E-state index contributed by atoms with van der Waals surface area (Å²) >= 11 is 0. The minimum Gasteiger partial charge on any atom is -0.379 e. The molecular weight excluding hydrogens is 328 g/mol. The fourth-order valence-electron chi connectivity index (χ4n) is 5.06. The minimum atomic E-state index is 0.0341. The molecule has 2 heterocycles. The number of carbonyl (C=O) groups is 1. The maximum Gasteiger partial charge on any atom is 0.223 e. The second kappa shape index (κ2) is 9.03. The number of amides is 1. The smallest absolute Gasteiger partial charge is 0.223 e. The van der Waals surface area contributed by atoms with Gasteiger partial charge in [-0.15, -0.1) is 0 Å². The monoisotopic (exact) mass is 364 g/mol. The van der Waals surface area contributed by atoms with Gasteiger partial charge in [0, 0.05) is 25.2 Å². The highest BCUT2D eigenvalue weighted by atomic mass is 16.5. The zero-order valence-corrected chi connectivity index (χ0v) is 16.2. The van der Waals surface area contributed by atoms with Gasteiger partial charge in [-0.25, -0.2) is 0 Å². The molecule has 1 N–H and O–H groups in total.